The molecular formula is C34H46N4O10. The number of carbonyl (C=O) groups is 5. The summed E-state index contributed by atoms with van der Waals surface area (Å²) in [5.74, 6) is -2.95. The second kappa shape index (κ2) is 15.1. The van der Waals surface area contributed by atoms with Gasteiger partial charge in [0.1, 0.15) is 36.0 Å². The number of esters is 1. The molecule has 2 aliphatic heterocycles. The summed E-state index contributed by atoms with van der Waals surface area (Å²) < 4.78 is 11.3. The first-order valence-corrected chi connectivity index (χ1v) is 16.1. The van der Waals surface area contributed by atoms with Crippen molar-refractivity contribution in [3.63, 3.8) is 0 Å². The fourth-order valence-electron chi connectivity index (χ4n) is 5.92. The molecule has 0 aromatic heterocycles. The molecule has 0 bridgehead atoms. The van der Waals surface area contributed by atoms with Crippen molar-refractivity contribution in [1.29, 1.82) is 0 Å². The lowest BCUT2D eigenvalue weighted by molar-refractivity contribution is -0.203. The van der Waals surface area contributed by atoms with E-state index < -0.39 is 84.5 Å². The highest BCUT2D eigenvalue weighted by Gasteiger charge is 2.46. The summed E-state index contributed by atoms with van der Waals surface area (Å²) in [6, 6.07) is 7.29. The average Bonchev–Trinajstić information content (AvgIpc) is 3.23. The normalized spacial score (nSPS) is 24.0. The van der Waals surface area contributed by atoms with E-state index in [0.717, 1.165) is 15.7 Å². The number of hydrogen-bond acceptors (Lipinski definition) is 11. The molecule has 0 spiro atoms. The van der Waals surface area contributed by atoms with E-state index >= 15 is 0 Å². The summed E-state index contributed by atoms with van der Waals surface area (Å²) in [6.45, 7) is 9.19. The van der Waals surface area contributed by atoms with Crippen LogP contribution in [0.5, 0.6) is 0 Å². The Hall–Kier alpha value is -3.95. The van der Waals surface area contributed by atoms with Gasteiger partial charge in [0.15, 0.2) is 6.23 Å². The van der Waals surface area contributed by atoms with Crippen molar-refractivity contribution >= 4 is 40.4 Å². The van der Waals surface area contributed by atoms with Crippen LogP contribution >= 0.6 is 0 Å². The van der Waals surface area contributed by atoms with Gasteiger partial charge in [-0.3, -0.25) is 34.2 Å². The Morgan fingerprint density at radius 3 is 2.04 bits per heavy atom. The van der Waals surface area contributed by atoms with Crippen LogP contribution < -0.4 is 16.0 Å². The van der Waals surface area contributed by atoms with Crippen molar-refractivity contribution in [3.8, 4) is 0 Å². The van der Waals surface area contributed by atoms with Crippen molar-refractivity contribution in [3.05, 3.63) is 47.5 Å². The summed E-state index contributed by atoms with van der Waals surface area (Å²) in [4.78, 5) is 67.0. The fourth-order valence-corrected chi connectivity index (χ4v) is 5.92. The number of imide groups is 1. The molecule has 2 aliphatic rings. The number of rotatable bonds is 12. The van der Waals surface area contributed by atoms with Crippen LogP contribution in [0.4, 0.5) is 0 Å². The molecule has 2 heterocycles. The average molecular weight is 671 g/mol. The number of fused-ring (bicyclic) bond motifs is 2. The van der Waals surface area contributed by atoms with Gasteiger partial charge in [0.25, 0.3) is 11.8 Å². The third-order valence-corrected chi connectivity index (χ3v) is 8.18. The molecule has 48 heavy (non-hydrogen) atoms. The van der Waals surface area contributed by atoms with Gasteiger partial charge >= 0.3 is 5.97 Å². The molecule has 2 aromatic rings. The number of amides is 4. The Morgan fingerprint density at radius 1 is 0.958 bits per heavy atom. The third kappa shape index (κ3) is 8.55. The molecule has 0 aliphatic carbocycles. The first kappa shape index (κ1) is 36.9. The van der Waals surface area contributed by atoms with E-state index in [2.05, 4.69) is 16.0 Å². The monoisotopic (exact) mass is 670 g/mol. The van der Waals surface area contributed by atoms with E-state index in [1.54, 1.807) is 32.9 Å². The van der Waals surface area contributed by atoms with Crippen molar-refractivity contribution in [2.24, 2.45) is 5.92 Å². The van der Waals surface area contributed by atoms with Gasteiger partial charge in [-0.1, -0.05) is 38.1 Å². The van der Waals surface area contributed by atoms with Gasteiger partial charge in [0.05, 0.1) is 23.8 Å². The van der Waals surface area contributed by atoms with Gasteiger partial charge in [0.2, 0.25) is 11.8 Å². The van der Waals surface area contributed by atoms with Gasteiger partial charge in [-0.2, -0.15) is 0 Å². The molecule has 0 radical (unpaired) electrons. The van der Waals surface area contributed by atoms with Crippen LogP contribution in [0.3, 0.4) is 0 Å². The summed E-state index contributed by atoms with van der Waals surface area (Å²) in [5, 5.41) is 40.5. The number of benzene rings is 2. The predicted molar refractivity (Wildman–Crippen MR) is 173 cm³/mol. The Balaban J connectivity index is 1.56. The molecule has 0 saturated carbocycles. The Labute approximate surface area is 279 Å². The SMILES string of the molecule is CC(=O)N[C@H]1C(NC(=O)[C@H](CC(C)C)N[C@H](CCN2C(=O)c3cc4ccccc4cc3C2=O)C(=O)OC(C)(C)C)O[C@H](CO)[C@@H](O)[C@H]1O. The molecule has 4 rings (SSSR count). The maximum absolute atomic E-state index is 13.8. The van der Waals surface area contributed by atoms with E-state index in [4.69, 9.17) is 9.47 Å². The van der Waals surface area contributed by atoms with Gasteiger partial charge < -0.3 is 35.4 Å². The highest BCUT2D eigenvalue weighted by molar-refractivity contribution is 6.23. The van der Waals surface area contributed by atoms with Crippen LogP contribution in [-0.4, -0.2) is 111 Å². The zero-order valence-electron chi connectivity index (χ0n) is 28.1. The molecule has 6 N–H and O–H groups in total. The zero-order chi connectivity index (χ0) is 35.5. The Kier molecular flexibility index (Phi) is 11.6. The van der Waals surface area contributed by atoms with Gasteiger partial charge in [-0.15, -0.1) is 0 Å². The van der Waals surface area contributed by atoms with Crippen LogP contribution in [0.15, 0.2) is 36.4 Å². The van der Waals surface area contributed by atoms with Gasteiger partial charge in [-0.05, 0) is 62.4 Å². The second-order valence-corrected chi connectivity index (χ2v) is 13.7. The zero-order valence-corrected chi connectivity index (χ0v) is 28.1. The highest BCUT2D eigenvalue weighted by atomic mass is 16.6. The lowest BCUT2D eigenvalue weighted by Gasteiger charge is -2.43. The van der Waals surface area contributed by atoms with Gasteiger partial charge in [0, 0.05) is 13.5 Å². The summed E-state index contributed by atoms with van der Waals surface area (Å²) >= 11 is 0. The van der Waals surface area contributed by atoms with E-state index in [0.29, 0.717) is 0 Å². The Morgan fingerprint density at radius 2 is 1.54 bits per heavy atom. The topological polar surface area (TPSA) is 204 Å². The highest BCUT2D eigenvalue weighted by Crippen LogP contribution is 2.28. The van der Waals surface area contributed by atoms with E-state index in [1.165, 1.54) is 6.92 Å². The first-order valence-electron chi connectivity index (χ1n) is 16.1. The number of carbonyl (C=O) groups excluding carboxylic acids is 5. The predicted octanol–water partition coefficient (Wildman–Crippen LogP) is 0.600. The number of nitrogens with one attached hydrogen (secondary N) is 3. The van der Waals surface area contributed by atoms with E-state index in [-0.39, 0.29) is 36.4 Å². The summed E-state index contributed by atoms with van der Waals surface area (Å²) in [6.07, 6.45) is -5.57. The maximum atomic E-state index is 13.8. The third-order valence-electron chi connectivity index (χ3n) is 8.18. The largest absolute Gasteiger partial charge is 0.459 e. The molecule has 1 fully saturated rings. The molecule has 14 nitrogen and oxygen atoms in total. The number of nitrogens with zero attached hydrogens (tertiary/aromatic N) is 1. The molecule has 262 valence electrons. The lowest BCUT2D eigenvalue weighted by Crippen LogP contribution is -2.69. The number of hydrogen-bond donors (Lipinski definition) is 6. The van der Waals surface area contributed by atoms with Crippen molar-refractivity contribution in [1.82, 2.24) is 20.9 Å². The minimum atomic E-state index is -1.58. The minimum absolute atomic E-state index is 0.0612. The number of aliphatic hydroxyl groups is 3. The van der Waals surface area contributed by atoms with Crippen molar-refractivity contribution < 1.29 is 48.8 Å². The van der Waals surface area contributed by atoms with Crippen molar-refractivity contribution in [2.75, 3.05) is 13.2 Å². The molecule has 1 unspecified atom stereocenters. The van der Waals surface area contributed by atoms with E-state index in [1.807, 2.05) is 38.1 Å². The maximum Gasteiger partial charge on any atom is 0.323 e. The second-order valence-electron chi connectivity index (χ2n) is 13.7. The van der Waals surface area contributed by atoms with Crippen LogP contribution in [0.25, 0.3) is 10.8 Å². The number of aliphatic hydroxyl groups excluding tert-OH is 3. The molecule has 14 heteroatoms. The summed E-state index contributed by atoms with van der Waals surface area (Å²) in [5.41, 5.74) is -0.347. The van der Waals surface area contributed by atoms with Crippen LogP contribution in [-0.2, 0) is 23.9 Å². The quantitative estimate of drug-likeness (QED) is 0.136. The fraction of sp³-hybridized carbons (Fsp3) is 0.559. The smallest absolute Gasteiger partial charge is 0.323 e. The molecule has 1 saturated heterocycles. The standard InChI is InChI=1S/C34H46N4O10/c1-17(2)13-24(29(43)37-30-26(35-18(3)40)28(42)27(41)25(16-39)47-30)36-23(33(46)48-34(4,5)6)11-12-38-31(44)21-14-19-9-7-8-10-20(19)15-22(21)32(38)45/h7-10,14-15,17,23-28,30,36,39,41-42H,11-13,16H2,1-6H3,(H,35,40)(H,37,43)/t23-,24+,25-,26-,27-,28+,30?/m1/s1. The van der Waals surface area contributed by atoms with Crippen LogP contribution in [0.1, 0.15) is 75.1 Å². The molecule has 7 atom stereocenters. The van der Waals surface area contributed by atoms with Crippen LogP contribution in [0, 0.1) is 5.92 Å². The molecule has 4 amide bonds. The first-order chi connectivity index (χ1) is 22.5. The van der Waals surface area contributed by atoms with Crippen molar-refractivity contribution in [2.45, 2.75) is 103 Å². The Bertz CT molecular complexity index is 1490. The van der Waals surface area contributed by atoms with Crippen LogP contribution in [0.2, 0.25) is 0 Å². The lowest BCUT2D eigenvalue weighted by atomic mass is 9.95. The molecule has 2 aromatic carbocycles. The minimum Gasteiger partial charge on any atom is -0.459 e. The number of ether oxygens (including phenoxy) is 2. The summed E-state index contributed by atoms with van der Waals surface area (Å²) in [7, 11) is 0. The molecular weight excluding hydrogens is 624 g/mol. The van der Waals surface area contributed by atoms with Gasteiger partial charge in [-0.25, -0.2) is 0 Å². The van der Waals surface area contributed by atoms with E-state index in [9.17, 15) is 39.3 Å².